The lowest BCUT2D eigenvalue weighted by atomic mass is 9.91. The molecule has 0 aromatic heterocycles. The Bertz CT molecular complexity index is 793. The van der Waals surface area contributed by atoms with Crippen LogP contribution in [0.3, 0.4) is 0 Å². The first-order valence-electron chi connectivity index (χ1n) is 12.3. The minimum Gasteiger partial charge on any atom is -0.492 e. The van der Waals surface area contributed by atoms with Crippen LogP contribution in [0.5, 0.6) is 5.75 Å². The molecule has 6 nitrogen and oxygen atoms in total. The molecule has 33 heavy (non-hydrogen) atoms. The van der Waals surface area contributed by atoms with Gasteiger partial charge >= 0.3 is 5.97 Å². The highest BCUT2D eigenvalue weighted by atomic mass is 16.6. The van der Waals surface area contributed by atoms with Crippen molar-refractivity contribution < 1.29 is 23.7 Å². The number of benzene rings is 1. The largest absolute Gasteiger partial charge is 0.492 e. The normalized spacial score (nSPS) is 20.4. The van der Waals surface area contributed by atoms with Gasteiger partial charge in [0.25, 0.3) is 0 Å². The van der Waals surface area contributed by atoms with E-state index in [1.54, 1.807) is 7.11 Å². The fourth-order valence-corrected chi connectivity index (χ4v) is 3.53. The van der Waals surface area contributed by atoms with Crippen LogP contribution >= 0.6 is 0 Å². The third kappa shape index (κ3) is 9.00. The Morgan fingerprint density at radius 2 is 1.97 bits per heavy atom. The predicted molar refractivity (Wildman–Crippen MR) is 130 cm³/mol. The Labute approximate surface area is 199 Å². The van der Waals surface area contributed by atoms with Crippen LogP contribution in [-0.2, 0) is 25.6 Å². The SMILES string of the molecule is CC.COCCCOc1cc(COCC(N)C2C[C@@H](C(C)C)C(=O)O2)ccc1C#CC1CC1. The molecule has 0 amide bonds. The monoisotopic (exact) mass is 459 g/mol. The van der Waals surface area contributed by atoms with Crippen molar-refractivity contribution in [2.45, 2.75) is 72.1 Å². The molecule has 1 aromatic rings. The average molecular weight is 460 g/mol. The molecule has 0 bridgehead atoms. The van der Waals surface area contributed by atoms with E-state index in [0.29, 0.717) is 38.8 Å². The third-order valence-corrected chi connectivity index (χ3v) is 5.70. The number of methoxy groups -OCH3 is 1. The zero-order valence-corrected chi connectivity index (χ0v) is 20.9. The summed E-state index contributed by atoms with van der Waals surface area (Å²) in [5.41, 5.74) is 8.13. The molecule has 3 atom stereocenters. The number of hydrogen-bond donors (Lipinski definition) is 1. The van der Waals surface area contributed by atoms with Crippen LogP contribution in [0.4, 0.5) is 0 Å². The molecule has 1 saturated carbocycles. The van der Waals surface area contributed by atoms with Gasteiger partial charge in [-0.15, -0.1) is 0 Å². The van der Waals surface area contributed by atoms with Crippen molar-refractivity contribution in [2.24, 2.45) is 23.5 Å². The second-order valence-electron chi connectivity index (χ2n) is 8.81. The summed E-state index contributed by atoms with van der Waals surface area (Å²) in [5, 5.41) is 0. The molecule has 6 heteroatoms. The van der Waals surface area contributed by atoms with Crippen LogP contribution in [0.25, 0.3) is 0 Å². The number of ether oxygens (including phenoxy) is 4. The van der Waals surface area contributed by atoms with E-state index in [1.165, 1.54) is 12.8 Å². The fourth-order valence-electron chi connectivity index (χ4n) is 3.53. The summed E-state index contributed by atoms with van der Waals surface area (Å²) >= 11 is 0. The molecule has 1 aliphatic carbocycles. The van der Waals surface area contributed by atoms with Crippen molar-refractivity contribution in [2.75, 3.05) is 26.9 Å². The van der Waals surface area contributed by atoms with Crippen LogP contribution in [0.15, 0.2) is 18.2 Å². The molecule has 1 heterocycles. The molecule has 0 radical (unpaired) electrons. The van der Waals surface area contributed by atoms with Crippen molar-refractivity contribution in [3.05, 3.63) is 29.3 Å². The maximum atomic E-state index is 12.0. The molecule has 2 N–H and O–H groups in total. The standard InChI is InChI=1S/C25H35NO5.C2H6/c1-17(2)21-14-24(31-25(21)27)22(26)16-29-15-19-8-10-20(9-7-18-5-6-18)23(13-19)30-12-4-11-28-3;1-2/h8,10,13,17-18,21-22,24H,4-6,11-12,14-16,26H2,1-3H3;1-2H3/t21-,22?,24?;/m0./s1. The molecular formula is C27H41NO5. The van der Waals surface area contributed by atoms with Gasteiger partial charge in [-0.2, -0.15) is 0 Å². The highest BCUT2D eigenvalue weighted by molar-refractivity contribution is 5.75. The number of carbonyl (C=O) groups excluding carboxylic acids is 1. The van der Waals surface area contributed by atoms with Gasteiger partial charge in [0.2, 0.25) is 0 Å². The first kappa shape index (κ1) is 27.2. The molecule has 2 unspecified atom stereocenters. The molecule has 0 spiro atoms. The van der Waals surface area contributed by atoms with Crippen molar-refractivity contribution in [1.82, 2.24) is 0 Å². The minimum atomic E-state index is -0.332. The Morgan fingerprint density at radius 3 is 2.61 bits per heavy atom. The van der Waals surface area contributed by atoms with Crippen molar-refractivity contribution in [3.63, 3.8) is 0 Å². The van der Waals surface area contributed by atoms with Crippen LogP contribution in [0.1, 0.15) is 64.5 Å². The molecule has 2 fully saturated rings. The molecule has 1 saturated heterocycles. The van der Waals surface area contributed by atoms with E-state index in [4.69, 9.17) is 24.7 Å². The van der Waals surface area contributed by atoms with Gasteiger partial charge in [0.05, 0.1) is 37.3 Å². The van der Waals surface area contributed by atoms with E-state index in [1.807, 2.05) is 45.9 Å². The van der Waals surface area contributed by atoms with E-state index in [0.717, 1.165) is 23.3 Å². The molecule has 2 aliphatic rings. The van der Waals surface area contributed by atoms with E-state index in [9.17, 15) is 4.79 Å². The minimum absolute atomic E-state index is 0.0711. The molecule has 1 aromatic carbocycles. The van der Waals surface area contributed by atoms with E-state index in [2.05, 4.69) is 11.8 Å². The van der Waals surface area contributed by atoms with Gasteiger partial charge < -0.3 is 24.7 Å². The molecule has 3 rings (SSSR count). The van der Waals surface area contributed by atoms with Crippen molar-refractivity contribution in [3.8, 4) is 17.6 Å². The number of hydrogen-bond acceptors (Lipinski definition) is 6. The van der Waals surface area contributed by atoms with Crippen LogP contribution < -0.4 is 10.5 Å². The smallest absolute Gasteiger partial charge is 0.309 e. The Kier molecular flexibility index (Phi) is 11.7. The summed E-state index contributed by atoms with van der Waals surface area (Å²) < 4.78 is 22.4. The number of carbonyl (C=O) groups is 1. The van der Waals surface area contributed by atoms with Gasteiger partial charge in [0, 0.05) is 26.1 Å². The van der Waals surface area contributed by atoms with E-state index in [-0.39, 0.29) is 30.0 Å². The Morgan fingerprint density at radius 1 is 1.21 bits per heavy atom. The summed E-state index contributed by atoms with van der Waals surface area (Å²) in [4.78, 5) is 12.0. The quantitative estimate of drug-likeness (QED) is 0.302. The third-order valence-electron chi connectivity index (χ3n) is 5.70. The second-order valence-corrected chi connectivity index (χ2v) is 8.81. The summed E-state index contributed by atoms with van der Waals surface area (Å²) in [6.45, 7) is 10.0. The van der Waals surface area contributed by atoms with Crippen LogP contribution in [0.2, 0.25) is 0 Å². The first-order chi connectivity index (χ1) is 16.0. The van der Waals surface area contributed by atoms with Gasteiger partial charge in [-0.25, -0.2) is 0 Å². The summed E-state index contributed by atoms with van der Waals surface area (Å²) in [6, 6.07) is 5.65. The van der Waals surface area contributed by atoms with Gasteiger partial charge in [-0.3, -0.25) is 4.79 Å². The van der Waals surface area contributed by atoms with Crippen LogP contribution in [0, 0.1) is 29.6 Å². The van der Waals surface area contributed by atoms with E-state index >= 15 is 0 Å². The van der Waals surface area contributed by atoms with E-state index < -0.39 is 0 Å². The zero-order valence-electron chi connectivity index (χ0n) is 20.9. The van der Waals surface area contributed by atoms with Crippen molar-refractivity contribution >= 4 is 5.97 Å². The average Bonchev–Trinajstić information content (AvgIpc) is 3.56. The lowest BCUT2D eigenvalue weighted by Crippen LogP contribution is -2.38. The lowest BCUT2D eigenvalue weighted by Gasteiger charge is -2.18. The fraction of sp³-hybridized carbons (Fsp3) is 0.667. The molecule has 184 valence electrons. The first-order valence-corrected chi connectivity index (χ1v) is 12.3. The van der Waals surface area contributed by atoms with Gasteiger partial charge in [0.1, 0.15) is 11.9 Å². The highest BCUT2D eigenvalue weighted by Crippen LogP contribution is 2.30. The maximum Gasteiger partial charge on any atom is 0.309 e. The summed E-state index contributed by atoms with van der Waals surface area (Å²) in [6.07, 6.45) is 3.59. The van der Waals surface area contributed by atoms with Crippen molar-refractivity contribution in [1.29, 1.82) is 0 Å². The maximum absolute atomic E-state index is 12.0. The Balaban J connectivity index is 0.00000187. The van der Waals surface area contributed by atoms with Gasteiger partial charge in [-0.05, 0) is 42.9 Å². The zero-order chi connectivity index (χ0) is 24.2. The number of cyclic esters (lactones) is 1. The second kappa shape index (κ2) is 14.2. The summed E-state index contributed by atoms with van der Waals surface area (Å²) in [5.74, 6) is 7.90. The summed E-state index contributed by atoms with van der Waals surface area (Å²) in [7, 11) is 1.69. The lowest BCUT2D eigenvalue weighted by molar-refractivity contribution is -0.146. The Hall–Kier alpha value is -2.07. The van der Waals surface area contributed by atoms with Gasteiger partial charge in [-0.1, -0.05) is 45.6 Å². The number of esters is 1. The van der Waals surface area contributed by atoms with Crippen LogP contribution in [-0.4, -0.2) is 45.0 Å². The topological polar surface area (TPSA) is 80.0 Å². The highest BCUT2D eigenvalue weighted by Gasteiger charge is 2.39. The number of rotatable bonds is 11. The molecule has 1 aliphatic heterocycles. The number of nitrogens with two attached hydrogens (primary N) is 1. The predicted octanol–water partition coefficient (Wildman–Crippen LogP) is 4.32. The van der Waals surface area contributed by atoms with Gasteiger partial charge in [0.15, 0.2) is 0 Å². The molecular weight excluding hydrogens is 418 g/mol.